The van der Waals surface area contributed by atoms with Crippen LogP contribution in [0.5, 0.6) is 23.0 Å². The van der Waals surface area contributed by atoms with E-state index in [0.717, 1.165) is 12.1 Å². The van der Waals surface area contributed by atoms with Crippen molar-refractivity contribution in [1.29, 1.82) is 0 Å². The Bertz CT molecular complexity index is 1280. The largest absolute Gasteiger partial charge is 0.503 e. The highest BCUT2D eigenvalue weighted by Crippen LogP contribution is 2.60. The summed E-state index contributed by atoms with van der Waals surface area (Å²) in [6.45, 7) is 0. The first-order chi connectivity index (χ1) is 14.6. The molecule has 0 saturated carbocycles. The summed E-state index contributed by atoms with van der Waals surface area (Å²) >= 11 is 0. The maximum atomic E-state index is 15.0. The summed E-state index contributed by atoms with van der Waals surface area (Å²) in [5.74, 6) is -19.8. The summed E-state index contributed by atoms with van der Waals surface area (Å²) in [6.07, 6.45) is 0. The third-order valence-electron chi connectivity index (χ3n) is 5.19. The number of esters is 1. The van der Waals surface area contributed by atoms with Gasteiger partial charge in [-0.3, -0.25) is 0 Å². The van der Waals surface area contributed by atoms with E-state index in [1.54, 1.807) is 0 Å². The number of phenols is 2. The normalized spacial score (nSPS) is 15.2. The zero-order valence-electron chi connectivity index (χ0n) is 14.7. The lowest BCUT2D eigenvalue weighted by molar-refractivity contribution is 0.0188. The van der Waals surface area contributed by atoms with Crippen LogP contribution in [0.2, 0.25) is 0 Å². The predicted molar refractivity (Wildman–Crippen MR) is 87.8 cm³/mol. The van der Waals surface area contributed by atoms with Crippen molar-refractivity contribution in [1.82, 2.24) is 0 Å². The first kappa shape index (κ1) is 19.1. The molecule has 0 bridgehead atoms. The van der Waals surface area contributed by atoms with Crippen LogP contribution in [-0.2, 0) is 10.3 Å². The maximum Gasteiger partial charge on any atom is 0.340 e. The van der Waals surface area contributed by atoms with Crippen molar-refractivity contribution >= 4 is 5.97 Å². The number of hydrogen-bond donors (Lipinski definition) is 2. The standard InChI is InChI=1S/C20H6F6O5/c21-9-7-17(13(25)15(27)11(9)23)30-18-8(10(22)12(24)16(28)14(18)26)20(7)6-4-2-1-3-5(6)19(29)31-20/h1-4,27-28H. The molecule has 11 heteroatoms. The summed E-state index contributed by atoms with van der Waals surface area (Å²) < 4.78 is 97.8. The van der Waals surface area contributed by atoms with Crippen molar-refractivity contribution in [2.24, 2.45) is 0 Å². The van der Waals surface area contributed by atoms with Gasteiger partial charge in [0.15, 0.2) is 34.6 Å². The fourth-order valence-electron chi connectivity index (χ4n) is 3.89. The summed E-state index contributed by atoms with van der Waals surface area (Å²) in [4.78, 5) is 12.5. The molecule has 0 saturated heterocycles. The molecule has 0 fully saturated rings. The first-order valence-corrected chi connectivity index (χ1v) is 8.43. The van der Waals surface area contributed by atoms with Crippen LogP contribution in [0.15, 0.2) is 24.3 Å². The molecule has 0 atom stereocenters. The summed E-state index contributed by atoms with van der Waals surface area (Å²) in [5.41, 5.74) is -6.19. The second kappa shape index (κ2) is 5.84. The van der Waals surface area contributed by atoms with Crippen molar-refractivity contribution in [2.75, 3.05) is 0 Å². The molecule has 5 rings (SSSR count). The smallest absolute Gasteiger partial charge is 0.340 e. The van der Waals surface area contributed by atoms with Crippen LogP contribution in [0.1, 0.15) is 27.0 Å². The van der Waals surface area contributed by atoms with Gasteiger partial charge in [0, 0.05) is 5.56 Å². The molecule has 2 heterocycles. The van der Waals surface area contributed by atoms with Gasteiger partial charge in [-0.1, -0.05) is 18.2 Å². The van der Waals surface area contributed by atoms with E-state index in [4.69, 9.17) is 9.47 Å². The lowest BCUT2D eigenvalue weighted by atomic mass is 9.76. The molecule has 31 heavy (non-hydrogen) atoms. The average molecular weight is 440 g/mol. The van der Waals surface area contributed by atoms with Gasteiger partial charge in [0.2, 0.25) is 28.9 Å². The lowest BCUT2D eigenvalue weighted by Crippen LogP contribution is -2.37. The monoisotopic (exact) mass is 440 g/mol. The van der Waals surface area contributed by atoms with Gasteiger partial charge in [0.05, 0.1) is 16.7 Å². The van der Waals surface area contributed by atoms with Crippen LogP contribution >= 0.6 is 0 Å². The molecule has 158 valence electrons. The first-order valence-electron chi connectivity index (χ1n) is 8.43. The van der Waals surface area contributed by atoms with Gasteiger partial charge in [-0.2, -0.15) is 17.6 Å². The van der Waals surface area contributed by atoms with E-state index >= 15 is 8.78 Å². The van der Waals surface area contributed by atoms with Gasteiger partial charge in [-0.15, -0.1) is 0 Å². The summed E-state index contributed by atoms with van der Waals surface area (Å²) in [6, 6.07) is 4.84. The van der Waals surface area contributed by atoms with Gasteiger partial charge in [0.1, 0.15) is 0 Å². The second-order valence-corrected chi connectivity index (χ2v) is 6.71. The van der Waals surface area contributed by atoms with Crippen LogP contribution in [0.3, 0.4) is 0 Å². The van der Waals surface area contributed by atoms with Crippen LogP contribution in [-0.4, -0.2) is 16.2 Å². The van der Waals surface area contributed by atoms with Crippen LogP contribution in [0.25, 0.3) is 0 Å². The Morgan fingerprint density at radius 1 is 0.710 bits per heavy atom. The van der Waals surface area contributed by atoms with Gasteiger partial charge in [0.25, 0.3) is 0 Å². The molecule has 2 aliphatic rings. The molecular weight excluding hydrogens is 434 g/mol. The summed E-state index contributed by atoms with van der Waals surface area (Å²) in [5, 5.41) is 19.1. The topological polar surface area (TPSA) is 76.0 Å². The molecule has 1 spiro atoms. The highest BCUT2D eigenvalue weighted by atomic mass is 19.2. The van der Waals surface area contributed by atoms with E-state index in [-0.39, 0.29) is 5.56 Å². The molecule has 3 aromatic rings. The molecule has 0 unspecified atom stereocenters. The van der Waals surface area contributed by atoms with Crippen molar-refractivity contribution in [2.45, 2.75) is 5.60 Å². The Morgan fingerprint density at radius 2 is 1.19 bits per heavy atom. The Labute approximate surface area is 167 Å². The molecule has 2 aliphatic heterocycles. The van der Waals surface area contributed by atoms with Crippen LogP contribution in [0.4, 0.5) is 26.3 Å². The molecule has 2 N–H and O–H groups in total. The minimum Gasteiger partial charge on any atom is -0.503 e. The number of carbonyl (C=O) groups is 1. The van der Waals surface area contributed by atoms with Gasteiger partial charge in [-0.25, -0.2) is 13.6 Å². The average Bonchev–Trinajstić information content (AvgIpc) is 3.05. The highest BCUT2D eigenvalue weighted by molar-refractivity contribution is 5.97. The minimum atomic E-state index is -2.93. The van der Waals surface area contributed by atoms with E-state index in [0.29, 0.717) is 0 Å². The number of benzene rings is 3. The zero-order chi connectivity index (χ0) is 22.4. The molecule has 5 nitrogen and oxygen atoms in total. The number of fused-ring (bicyclic) bond motifs is 6. The van der Waals surface area contributed by atoms with Crippen molar-refractivity contribution in [3.8, 4) is 23.0 Å². The van der Waals surface area contributed by atoms with Crippen molar-refractivity contribution in [3.05, 3.63) is 81.4 Å². The fraction of sp³-hybridized carbons (Fsp3) is 0.0500. The number of halogens is 6. The lowest BCUT2D eigenvalue weighted by Gasteiger charge is -2.37. The zero-order valence-corrected chi connectivity index (χ0v) is 14.7. The Balaban J connectivity index is 2.06. The van der Waals surface area contributed by atoms with E-state index in [2.05, 4.69) is 0 Å². The third-order valence-corrected chi connectivity index (χ3v) is 5.19. The molecule has 0 radical (unpaired) electrons. The highest BCUT2D eigenvalue weighted by Gasteiger charge is 2.59. The van der Waals surface area contributed by atoms with Crippen LogP contribution in [0, 0.1) is 34.9 Å². The summed E-state index contributed by atoms with van der Waals surface area (Å²) in [7, 11) is 0. The number of phenolic OH excluding ortho intramolecular Hbond substituents is 2. The van der Waals surface area contributed by atoms with Gasteiger partial charge < -0.3 is 19.7 Å². The maximum absolute atomic E-state index is 15.0. The number of aromatic hydroxyl groups is 2. The van der Waals surface area contributed by atoms with Gasteiger partial charge in [-0.05, 0) is 6.07 Å². The van der Waals surface area contributed by atoms with E-state index < -0.39 is 86.2 Å². The van der Waals surface area contributed by atoms with Gasteiger partial charge >= 0.3 is 5.97 Å². The SMILES string of the molecule is O=C1OC2(c3ccccc31)c1c(F)c(F)c(O)c(F)c1Oc1c(F)c(O)c(F)c(F)c12. The van der Waals surface area contributed by atoms with E-state index in [9.17, 15) is 32.6 Å². The number of carbonyl (C=O) groups excluding carboxylic acids is 1. The Kier molecular flexibility index (Phi) is 3.60. The Hall–Kier alpha value is -3.89. The Morgan fingerprint density at radius 3 is 1.71 bits per heavy atom. The quantitative estimate of drug-likeness (QED) is 0.306. The number of rotatable bonds is 0. The molecular formula is C20H6F6O5. The molecule has 3 aromatic carbocycles. The molecule has 0 aromatic heterocycles. The number of hydrogen-bond acceptors (Lipinski definition) is 5. The number of ether oxygens (including phenoxy) is 2. The van der Waals surface area contributed by atoms with Crippen molar-refractivity contribution < 1.29 is 50.8 Å². The minimum absolute atomic E-state index is 0.317. The fourth-order valence-corrected chi connectivity index (χ4v) is 3.89. The second-order valence-electron chi connectivity index (χ2n) is 6.71. The third kappa shape index (κ3) is 2.05. The van der Waals surface area contributed by atoms with E-state index in [1.165, 1.54) is 12.1 Å². The van der Waals surface area contributed by atoms with E-state index in [1.807, 2.05) is 0 Å². The molecule has 0 aliphatic carbocycles. The predicted octanol–water partition coefficient (Wildman–Crippen LogP) is 4.50. The van der Waals surface area contributed by atoms with Crippen LogP contribution < -0.4 is 4.74 Å². The van der Waals surface area contributed by atoms with Crippen molar-refractivity contribution in [3.63, 3.8) is 0 Å². The molecule has 0 amide bonds.